The fraction of sp³-hybridized carbons (Fsp3) is 0.250. The molecule has 1 aliphatic heterocycles. The number of fused-ring (bicyclic) bond motifs is 1. The van der Waals surface area contributed by atoms with E-state index in [-0.39, 0.29) is 19.0 Å². The van der Waals surface area contributed by atoms with Crippen LogP contribution >= 0.6 is 12.4 Å². The summed E-state index contributed by atoms with van der Waals surface area (Å²) in [5.74, 6) is -1.49. The van der Waals surface area contributed by atoms with E-state index in [1.807, 2.05) is 0 Å². The number of carbonyl (C=O) groups excluding carboxylic acids is 1. The van der Waals surface area contributed by atoms with Gasteiger partial charge in [-0.25, -0.2) is 23.8 Å². The van der Waals surface area contributed by atoms with Gasteiger partial charge < -0.3 is 14.8 Å². The SMILES string of the molecule is Cl.O=C1NC[C@H](Cn2ncc3ncc(-c4ccc(F)c(OC(F)F)c4)nc32)O1. The molecule has 148 valence electrons. The van der Waals surface area contributed by atoms with E-state index < -0.39 is 30.4 Å². The molecule has 1 fully saturated rings. The molecule has 4 rings (SSSR count). The van der Waals surface area contributed by atoms with Gasteiger partial charge in [0.15, 0.2) is 17.2 Å². The van der Waals surface area contributed by atoms with Gasteiger partial charge in [-0.3, -0.25) is 0 Å². The average Bonchev–Trinajstić information content (AvgIpc) is 3.23. The highest BCUT2D eigenvalue weighted by Gasteiger charge is 2.24. The van der Waals surface area contributed by atoms with Crippen LogP contribution in [-0.4, -0.2) is 45.1 Å². The Kier molecular flexibility index (Phi) is 5.54. The van der Waals surface area contributed by atoms with Crippen molar-refractivity contribution in [2.24, 2.45) is 0 Å². The van der Waals surface area contributed by atoms with Gasteiger partial charge >= 0.3 is 12.7 Å². The summed E-state index contributed by atoms with van der Waals surface area (Å²) in [5, 5.41) is 6.72. The number of amides is 1. The Labute approximate surface area is 162 Å². The van der Waals surface area contributed by atoms with E-state index in [4.69, 9.17) is 4.74 Å². The van der Waals surface area contributed by atoms with Crippen LogP contribution in [0, 0.1) is 5.82 Å². The molecule has 3 aromatic rings. The number of benzene rings is 1. The lowest BCUT2D eigenvalue weighted by atomic mass is 10.1. The number of halogens is 4. The number of alkyl carbamates (subject to hydrolysis) is 1. The van der Waals surface area contributed by atoms with E-state index in [0.29, 0.717) is 29.0 Å². The molecule has 0 saturated carbocycles. The molecular formula is C16H13ClF3N5O3. The fourth-order valence-corrected chi connectivity index (χ4v) is 2.70. The number of alkyl halides is 2. The van der Waals surface area contributed by atoms with Crippen LogP contribution in [0.15, 0.2) is 30.6 Å². The van der Waals surface area contributed by atoms with Crippen LogP contribution in [-0.2, 0) is 11.3 Å². The number of cyclic esters (lactones) is 1. The van der Waals surface area contributed by atoms with Gasteiger partial charge in [-0.15, -0.1) is 12.4 Å². The van der Waals surface area contributed by atoms with Gasteiger partial charge in [0.2, 0.25) is 0 Å². The third-order valence-electron chi connectivity index (χ3n) is 3.91. The van der Waals surface area contributed by atoms with Gasteiger partial charge in [0.05, 0.1) is 31.2 Å². The molecule has 8 nitrogen and oxygen atoms in total. The van der Waals surface area contributed by atoms with Crippen molar-refractivity contribution in [2.75, 3.05) is 6.54 Å². The maximum atomic E-state index is 13.6. The highest BCUT2D eigenvalue weighted by molar-refractivity contribution is 5.85. The molecule has 0 radical (unpaired) electrons. The van der Waals surface area contributed by atoms with Crippen LogP contribution in [0.1, 0.15) is 0 Å². The van der Waals surface area contributed by atoms with Gasteiger partial charge in [-0.2, -0.15) is 13.9 Å². The molecule has 12 heteroatoms. The smallest absolute Gasteiger partial charge is 0.407 e. The molecule has 0 aliphatic carbocycles. The molecular weight excluding hydrogens is 403 g/mol. The van der Waals surface area contributed by atoms with Crippen LogP contribution in [0.4, 0.5) is 18.0 Å². The van der Waals surface area contributed by atoms with Gasteiger partial charge in [-0.05, 0) is 18.2 Å². The maximum absolute atomic E-state index is 13.6. The van der Waals surface area contributed by atoms with Crippen molar-refractivity contribution in [1.29, 1.82) is 0 Å². The molecule has 0 unspecified atom stereocenters. The Balaban J connectivity index is 0.00000225. The number of aromatic nitrogens is 4. The van der Waals surface area contributed by atoms with Crippen LogP contribution in [0.3, 0.4) is 0 Å². The number of nitrogens with zero attached hydrogens (tertiary/aromatic N) is 4. The standard InChI is InChI=1S/C16H12F3N5O3.ClH/c17-10-2-1-8(3-13(10)27-15(18)19)11-5-20-12-6-22-24(14(12)23-11)7-9-4-21-16(25)26-9;/h1-3,5-6,9,15H,4,7H2,(H,21,25);1H/t9-;/m1./s1. The minimum absolute atomic E-state index is 0. The van der Waals surface area contributed by atoms with E-state index in [2.05, 4.69) is 25.1 Å². The molecule has 1 saturated heterocycles. The molecule has 1 N–H and O–H groups in total. The second-order valence-corrected chi connectivity index (χ2v) is 5.72. The maximum Gasteiger partial charge on any atom is 0.407 e. The summed E-state index contributed by atoms with van der Waals surface area (Å²) >= 11 is 0. The van der Waals surface area contributed by atoms with Crippen molar-refractivity contribution < 1.29 is 27.4 Å². The predicted octanol–water partition coefficient (Wildman–Crippen LogP) is 2.76. The molecule has 0 bridgehead atoms. The van der Waals surface area contributed by atoms with Crippen molar-refractivity contribution >= 4 is 29.7 Å². The van der Waals surface area contributed by atoms with Crippen molar-refractivity contribution in [3.05, 3.63) is 36.4 Å². The number of hydrogen-bond donors (Lipinski definition) is 1. The number of ether oxygens (including phenoxy) is 2. The Hall–Kier alpha value is -3.08. The zero-order valence-electron chi connectivity index (χ0n) is 14.0. The molecule has 1 aliphatic rings. The lowest BCUT2D eigenvalue weighted by Gasteiger charge is -2.10. The van der Waals surface area contributed by atoms with Gasteiger partial charge in [0, 0.05) is 5.56 Å². The normalized spacial score (nSPS) is 16.0. The summed E-state index contributed by atoms with van der Waals surface area (Å²) in [5.41, 5.74) is 1.59. The Morgan fingerprint density at radius 1 is 1.36 bits per heavy atom. The number of hydrogen-bond acceptors (Lipinski definition) is 6. The third kappa shape index (κ3) is 3.93. The largest absolute Gasteiger partial charge is 0.442 e. The Morgan fingerprint density at radius 2 is 2.18 bits per heavy atom. The van der Waals surface area contributed by atoms with Gasteiger partial charge in [0.25, 0.3) is 0 Å². The number of rotatable bonds is 5. The third-order valence-corrected chi connectivity index (χ3v) is 3.91. The van der Waals surface area contributed by atoms with E-state index >= 15 is 0 Å². The van der Waals surface area contributed by atoms with Gasteiger partial charge in [0.1, 0.15) is 11.6 Å². The average molecular weight is 416 g/mol. The fourth-order valence-electron chi connectivity index (χ4n) is 2.70. The minimum atomic E-state index is -3.15. The predicted molar refractivity (Wildman–Crippen MR) is 92.9 cm³/mol. The molecule has 1 atom stereocenters. The first kappa shape index (κ1) is 19.7. The summed E-state index contributed by atoms with van der Waals surface area (Å²) in [4.78, 5) is 19.8. The second kappa shape index (κ2) is 7.89. The molecule has 28 heavy (non-hydrogen) atoms. The highest BCUT2D eigenvalue weighted by atomic mass is 35.5. The summed E-state index contributed by atoms with van der Waals surface area (Å²) < 4.78 is 49.2. The van der Waals surface area contributed by atoms with Crippen molar-refractivity contribution in [3.63, 3.8) is 0 Å². The van der Waals surface area contributed by atoms with Crippen molar-refractivity contribution in [1.82, 2.24) is 25.1 Å². The molecule has 3 heterocycles. The zero-order chi connectivity index (χ0) is 19.0. The van der Waals surface area contributed by atoms with Crippen LogP contribution in [0.5, 0.6) is 5.75 Å². The Bertz CT molecular complexity index is 1020. The monoisotopic (exact) mass is 415 g/mol. The molecule has 0 spiro atoms. The first-order valence-electron chi connectivity index (χ1n) is 7.87. The lowest BCUT2D eigenvalue weighted by Crippen LogP contribution is -2.21. The first-order valence-corrected chi connectivity index (χ1v) is 7.87. The number of carbonyl (C=O) groups is 1. The number of nitrogens with one attached hydrogen (secondary N) is 1. The topological polar surface area (TPSA) is 91.2 Å². The summed E-state index contributed by atoms with van der Waals surface area (Å²) in [6.45, 7) is -2.53. The van der Waals surface area contributed by atoms with Crippen molar-refractivity contribution in [3.8, 4) is 17.0 Å². The van der Waals surface area contributed by atoms with Crippen LogP contribution in [0.2, 0.25) is 0 Å². The van der Waals surface area contributed by atoms with E-state index in [0.717, 1.165) is 12.1 Å². The molecule has 1 aromatic carbocycles. The first-order chi connectivity index (χ1) is 13.0. The van der Waals surface area contributed by atoms with E-state index in [9.17, 15) is 18.0 Å². The van der Waals surface area contributed by atoms with Crippen molar-refractivity contribution in [2.45, 2.75) is 19.3 Å². The van der Waals surface area contributed by atoms with Crippen LogP contribution in [0.25, 0.3) is 22.4 Å². The Morgan fingerprint density at radius 3 is 2.89 bits per heavy atom. The van der Waals surface area contributed by atoms with E-state index in [1.54, 1.807) is 0 Å². The summed E-state index contributed by atoms with van der Waals surface area (Å²) in [6.07, 6.45) is 2.03. The summed E-state index contributed by atoms with van der Waals surface area (Å²) in [7, 11) is 0. The van der Waals surface area contributed by atoms with Gasteiger partial charge in [-0.1, -0.05) is 0 Å². The van der Waals surface area contributed by atoms with E-state index in [1.165, 1.54) is 23.1 Å². The highest BCUT2D eigenvalue weighted by Crippen LogP contribution is 2.27. The second-order valence-electron chi connectivity index (χ2n) is 5.72. The lowest BCUT2D eigenvalue weighted by molar-refractivity contribution is -0.0521. The molecule has 2 aromatic heterocycles. The quantitative estimate of drug-likeness (QED) is 0.689. The summed E-state index contributed by atoms with van der Waals surface area (Å²) in [6, 6.07) is 3.52. The molecule has 1 amide bonds. The minimum Gasteiger partial charge on any atom is -0.442 e. The zero-order valence-corrected chi connectivity index (χ0v) is 14.8. The van der Waals surface area contributed by atoms with Crippen LogP contribution < -0.4 is 10.1 Å².